The van der Waals surface area contributed by atoms with Gasteiger partial charge in [0.2, 0.25) is 0 Å². The Hall–Kier alpha value is -1.06. The van der Waals surface area contributed by atoms with Crippen LogP contribution in [0.4, 0.5) is 0 Å². The number of likely N-dealkylation sites (tertiary alicyclic amines) is 1. The predicted octanol–water partition coefficient (Wildman–Crippen LogP) is 3.22. The van der Waals surface area contributed by atoms with Gasteiger partial charge in [-0.1, -0.05) is 12.1 Å². The molecule has 0 spiro atoms. The van der Waals surface area contributed by atoms with Crippen LogP contribution in [0.25, 0.3) is 0 Å². The lowest BCUT2D eigenvalue weighted by Crippen LogP contribution is -2.30. The molecule has 0 amide bonds. The summed E-state index contributed by atoms with van der Waals surface area (Å²) in [6.07, 6.45) is 4.32. The van der Waals surface area contributed by atoms with Gasteiger partial charge in [0, 0.05) is 12.1 Å². The van der Waals surface area contributed by atoms with Gasteiger partial charge in [0.25, 0.3) is 0 Å². The summed E-state index contributed by atoms with van der Waals surface area (Å²) in [7, 11) is 2.07. The highest BCUT2D eigenvalue weighted by atomic mass is 16.5. The molecule has 0 bridgehead atoms. The lowest BCUT2D eigenvalue weighted by Gasteiger charge is -2.29. The van der Waals surface area contributed by atoms with Crippen LogP contribution in [0.3, 0.4) is 0 Å². The van der Waals surface area contributed by atoms with Crippen molar-refractivity contribution in [2.24, 2.45) is 5.92 Å². The Morgan fingerprint density at radius 3 is 2.48 bits per heavy atom. The van der Waals surface area contributed by atoms with E-state index in [0.717, 1.165) is 24.3 Å². The summed E-state index contributed by atoms with van der Waals surface area (Å²) >= 11 is 0. The third-order valence-electron chi connectivity index (χ3n) is 4.64. The van der Waals surface area contributed by atoms with Crippen LogP contribution in [0.2, 0.25) is 0 Å². The molecule has 3 heteroatoms. The van der Waals surface area contributed by atoms with Gasteiger partial charge in [-0.25, -0.2) is 0 Å². The molecule has 116 valence electrons. The SMILES string of the molecule is CNCC1CCN(C2CC2)C1c1ccc(OC(C)C)cc1. The zero-order valence-electron chi connectivity index (χ0n) is 13.5. The summed E-state index contributed by atoms with van der Waals surface area (Å²) in [6, 6.07) is 10.2. The number of benzene rings is 1. The average Bonchev–Trinajstić information content (AvgIpc) is 3.21. The maximum atomic E-state index is 5.77. The van der Waals surface area contributed by atoms with Gasteiger partial charge in [0.05, 0.1) is 6.10 Å². The van der Waals surface area contributed by atoms with Gasteiger partial charge in [-0.3, -0.25) is 4.90 Å². The molecule has 0 radical (unpaired) electrons. The molecule has 1 saturated heterocycles. The van der Waals surface area contributed by atoms with Crippen molar-refractivity contribution in [1.29, 1.82) is 0 Å². The molecule has 1 saturated carbocycles. The van der Waals surface area contributed by atoms with Gasteiger partial charge in [-0.15, -0.1) is 0 Å². The summed E-state index contributed by atoms with van der Waals surface area (Å²) in [6.45, 7) is 6.51. The van der Waals surface area contributed by atoms with E-state index >= 15 is 0 Å². The highest BCUT2D eigenvalue weighted by Gasteiger charge is 2.42. The molecule has 1 aromatic rings. The van der Waals surface area contributed by atoms with Crippen molar-refractivity contribution in [1.82, 2.24) is 10.2 Å². The number of hydrogen-bond acceptors (Lipinski definition) is 3. The van der Waals surface area contributed by atoms with Crippen molar-refractivity contribution in [3.05, 3.63) is 29.8 Å². The molecule has 1 N–H and O–H groups in total. The summed E-state index contributed by atoms with van der Waals surface area (Å²) in [5, 5.41) is 3.38. The summed E-state index contributed by atoms with van der Waals surface area (Å²) in [5.41, 5.74) is 1.45. The molecular formula is C18H28N2O. The van der Waals surface area contributed by atoms with E-state index in [2.05, 4.69) is 55.4 Å². The van der Waals surface area contributed by atoms with E-state index in [-0.39, 0.29) is 6.10 Å². The molecule has 2 unspecified atom stereocenters. The summed E-state index contributed by atoms with van der Waals surface area (Å²) < 4.78 is 5.77. The zero-order valence-corrected chi connectivity index (χ0v) is 13.5. The summed E-state index contributed by atoms with van der Waals surface area (Å²) in [4.78, 5) is 2.74. The first-order valence-electron chi connectivity index (χ1n) is 8.36. The van der Waals surface area contributed by atoms with Crippen LogP contribution in [0, 0.1) is 5.92 Å². The molecular weight excluding hydrogens is 260 g/mol. The second-order valence-electron chi connectivity index (χ2n) is 6.76. The van der Waals surface area contributed by atoms with Crippen LogP contribution < -0.4 is 10.1 Å². The maximum Gasteiger partial charge on any atom is 0.119 e. The van der Waals surface area contributed by atoms with E-state index in [9.17, 15) is 0 Å². The predicted molar refractivity (Wildman–Crippen MR) is 86.7 cm³/mol. The van der Waals surface area contributed by atoms with Gasteiger partial charge in [0.1, 0.15) is 5.75 Å². The van der Waals surface area contributed by atoms with Crippen molar-refractivity contribution in [3.8, 4) is 5.75 Å². The van der Waals surface area contributed by atoms with Crippen molar-refractivity contribution >= 4 is 0 Å². The normalized spacial score (nSPS) is 26.5. The first-order valence-corrected chi connectivity index (χ1v) is 8.36. The lowest BCUT2D eigenvalue weighted by molar-refractivity contribution is 0.216. The van der Waals surface area contributed by atoms with Gasteiger partial charge in [-0.2, -0.15) is 0 Å². The van der Waals surface area contributed by atoms with Gasteiger partial charge >= 0.3 is 0 Å². The molecule has 1 aromatic carbocycles. The minimum atomic E-state index is 0.238. The highest BCUT2D eigenvalue weighted by Crippen LogP contribution is 2.44. The van der Waals surface area contributed by atoms with Crippen molar-refractivity contribution in [2.45, 2.75) is 51.3 Å². The molecule has 0 aromatic heterocycles. The fourth-order valence-electron chi connectivity index (χ4n) is 3.65. The second-order valence-corrected chi connectivity index (χ2v) is 6.76. The Kier molecular flexibility index (Phi) is 4.51. The third-order valence-corrected chi connectivity index (χ3v) is 4.64. The van der Waals surface area contributed by atoms with E-state index in [1.54, 1.807) is 0 Å². The Morgan fingerprint density at radius 2 is 1.90 bits per heavy atom. The smallest absolute Gasteiger partial charge is 0.119 e. The van der Waals surface area contributed by atoms with Crippen molar-refractivity contribution in [3.63, 3.8) is 0 Å². The Morgan fingerprint density at radius 1 is 1.19 bits per heavy atom. The van der Waals surface area contributed by atoms with E-state index in [0.29, 0.717) is 6.04 Å². The van der Waals surface area contributed by atoms with Crippen LogP contribution in [0.1, 0.15) is 44.7 Å². The van der Waals surface area contributed by atoms with Crippen molar-refractivity contribution < 1.29 is 4.74 Å². The lowest BCUT2D eigenvalue weighted by atomic mass is 9.93. The third kappa shape index (κ3) is 3.41. The number of nitrogens with zero attached hydrogens (tertiary/aromatic N) is 1. The molecule has 2 aliphatic rings. The average molecular weight is 288 g/mol. The van der Waals surface area contributed by atoms with E-state index in [1.165, 1.54) is 31.4 Å². The van der Waals surface area contributed by atoms with E-state index in [4.69, 9.17) is 4.74 Å². The Bertz CT molecular complexity index is 453. The van der Waals surface area contributed by atoms with E-state index < -0.39 is 0 Å². The zero-order chi connectivity index (χ0) is 14.8. The molecule has 3 rings (SSSR count). The quantitative estimate of drug-likeness (QED) is 0.870. The standard InChI is InChI=1S/C18H28N2O/c1-13(2)21-17-8-4-14(5-9-17)18-15(12-19-3)10-11-20(18)16-6-7-16/h4-5,8-9,13,15-16,18-19H,6-7,10-12H2,1-3H3. The molecule has 1 aliphatic heterocycles. The molecule has 2 atom stereocenters. The first-order chi connectivity index (χ1) is 10.2. The largest absolute Gasteiger partial charge is 0.491 e. The molecule has 21 heavy (non-hydrogen) atoms. The maximum absolute atomic E-state index is 5.77. The molecule has 1 aliphatic carbocycles. The van der Waals surface area contributed by atoms with Gasteiger partial charge < -0.3 is 10.1 Å². The number of ether oxygens (including phenoxy) is 1. The van der Waals surface area contributed by atoms with Crippen LogP contribution >= 0.6 is 0 Å². The number of hydrogen-bond donors (Lipinski definition) is 1. The van der Waals surface area contributed by atoms with Crippen LogP contribution in [-0.4, -0.2) is 37.2 Å². The molecule has 3 nitrogen and oxygen atoms in total. The first kappa shape index (κ1) is 14.9. The van der Waals surface area contributed by atoms with Gasteiger partial charge in [0.15, 0.2) is 0 Å². The molecule has 1 heterocycles. The van der Waals surface area contributed by atoms with Crippen molar-refractivity contribution in [2.75, 3.05) is 20.1 Å². The highest BCUT2D eigenvalue weighted by molar-refractivity contribution is 5.30. The minimum Gasteiger partial charge on any atom is -0.491 e. The topological polar surface area (TPSA) is 24.5 Å². The Labute approximate surface area is 128 Å². The second kappa shape index (κ2) is 6.37. The summed E-state index contributed by atoms with van der Waals surface area (Å²) in [5.74, 6) is 1.71. The fraction of sp³-hybridized carbons (Fsp3) is 0.667. The Balaban J connectivity index is 1.77. The number of nitrogens with one attached hydrogen (secondary N) is 1. The van der Waals surface area contributed by atoms with Crippen LogP contribution in [0.5, 0.6) is 5.75 Å². The minimum absolute atomic E-state index is 0.238. The van der Waals surface area contributed by atoms with Gasteiger partial charge in [-0.05, 0) is 76.9 Å². The fourth-order valence-corrected chi connectivity index (χ4v) is 3.65. The number of rotatable bonds is 6. The van der Waals surface area contributed by atoms with Crippen LogP contribution in [-0.2, 0) is 0 Å². The van der Waals surface area contributed by atoms with Crippen LogP contribution in [0.15, 0.2) is 24.3 Å². The van der Waals surface area contributed by atoms with E-state index in [1.807, 2.05) is 0 Å². The molecule has 2 fully saturated rings. The monoisotopic (exact) mass is 288 g/mol.